The first kappa shape index (κ1) is 15.3. The molecule has 4 nitrogen and oxygen atoms in total. The van der Waals surface area contributed by atoms with E-state index in [1.54, 1.807) is 0 Å². The van der Waals surface area contributed by atoms with Crippen LogP contribution < -0.4 is 0 Å². The highest BCUT2D eigenvalue weighted by atomic mass is 16.4. The molecule has 2 fully saturated rings. The molecule has 2 N–H and O–H groups in total. The van der Waals surface area contributed by atoms with Gasteiger partial charge in [0, 0.05) is 0 Å². The maximum absolute atomic E-state index is 10.8. The molecule has 0 aromatic carbocycles. The van der Waals surface area contributed by atoms with Gasteiger partial charge in [-0.05, 0) is 48.3 Å². The maximum atomic E-state index is 10.8. The van der Waals surface area contributed by atoms with Crippen LogP contribution in [0, 0.1) is 47.3 Å². The molecule has 120 valence electrons. The van der Waals surface area contributed by atoms with E-state index in [-0.39, 0.29) is 11.8 Å². The Balaban J connectivity index is 0.000000139. The minimum Gasteiger partial charge on any atom is -0.481 e. The molecule has 0 aromatic heterocycles. The summed E-state index contributed by atoms with van der Waals surface area (Å²) in [5.74, 6) is 0.260. The summed E-state index contributed by atoms with van der Waals surface area (Å²) in [5.41, 5.74) is 0. The molecule has 4 aliphatic rings. The van der Waals surface area contributed by atoms with E-state index in [1.807, 2.05) is 12.2 Å². The van der Waals surface area contributed by atoms with Crippen LogP contribution in [0.1, 0.15) is 26.7 Å². The first-order chi connectivity index (χ1) is 10.4. The fourth-order valence-electron chi connectivity index (χ4n) is 4.81. The Hall–Kier alpha value is -1.58. The van der Waals surface area contributed by atoms with Gasteiger partial charge in [0.15, 0.2) is 0 Å². The number of hydrogen-bond acceptors (Lipinski definition) is 2. The Morgan fingerprint density at radius 1 is 0.727 bits per heavy atom. The van der Waals surface area contributed by atoms with Crippen molar-refractivity contribution >= 4 is 11.9 Å². The van der Waals surface area contributed by atoms with Gasteiger partial charge in [-0.2, -0.15) is 0 Å². The molecule has 8 unspecified atom stereocenters. The van der Waals surface area contributed by atoms with Crippen LogP contribution in [-0.4, -0.2) is 22.2 Å². The van der Waals surface area contributed by atoms with Gasteiger partial charge in [0.25, 0.3) is 0 Å². The summed E-state index contributed by atoms with van der Waals surface area (Å²) in [6.07, 6.45) is 10.6. The zero-order valence-corrected chi connectivity index (χ0v) is 13.1. The van der Waals surface area contributed by atoms with Crippen LogP contribution in [0.3, 0.4) is 0 Å². The maximum Gasteiger partial charge on any atom is 0.307 e. The zero-order valence-electron chi connectivity index (χ0n) is 13.1. The van der Waals surface area contributed by atoms with Crippen molar-refractivity contribution in [1.29, 1.82) is 0 Å². The molecule has 4 bridgehead atoms. The summed E-state index contributed by atoms with van der Waals surface area (Å²) in [4.78, 5) is 21.6. The third kappa shape index (κ3) is 2.38. The topological polar surface area (TPSA) is 74.6 Å². The number of carboxylic acid groups (broad SMARTS) is 2. The molecule has 4 aliphatic carbocycles. The van der Waals surface area contributed by atoms with Crippen LogP contribution >= 0.6 is 0 Å². The van der Waals surface area contributed by atoms with Crippen molar-refractivity contribution in [2.24, 2.45) is 47.3 Å². The first-order valence-corrected chi connectivity index (χ1v) is 8.22. The number of carbonyl (C=O) groups is 2. The molecule has 8 atom stereocenters. The van der Waals surface area contributed by atoms with Gasteiger partial charge in [-0.25, -0.2) is 0 Å². The normalized spacial score (nSPS) is 46.6. The molecule has 0 amide bonds. The molecule has 4 rings (SSSR count). The van der Waals surface area contributed by atoms with E-state index < -0.39 is 23.8 Å². The minimum atomic E-state index is -0.982. The molecular formula is C18H24O4. The third-order valence-corrected chi connectivity index (χ3v) is 6.36. The molecular weight excluding hydrogens is 280 g/mol. The number of fused-ring (bicyclic) bond motifs is 4. The van der Waals surface area contributed by atoms with Crippen molar-refractivity contribution in [2.75, 3.05) is 0 Å². The second kappa shape index (κ2) is 5.56. The van der Waals surface area contributed by atoms with Crippen molar-refractivity contribution in [3.63, 3.8) is 0 Å². The van der Waals surface area contributed by atoms with Gasteiger partial charge >= 0.3 is 11.9 Å². The smallest absolute Gasteiger partial charge is 0.307 e. The van der Waals surface area contributed by atoms with E-state index in [4.69, 9.17) is 10.2 Å². The SMILES string of the molecule is CC1C2C=CC(C2)C1C.O=C(O)C1C2C=CC(C2)C1C(=O)O. The molecule has 0 spiro atoms. The Kier molecular flexibility index (Phi) is 3.87. The predicted molar refractivity (Wildman–Crippen MR) is 82.1 cm³/mol. The Bertz CT molecular complexity index is 491. The van der Waals surface area contributed by atoms with Gasteiger partial charge in [0.05, 0.1) is 11.8 Å². The lowest BCUT2D eigenvalue weighted by Crippen LogP contribution is -2.32. The molecule has 2 saturated carbocycles. The largest absolute Gasteiger partial charge is 0.481 e. The predicted octanol–water partition coefficient (Wildman–Crippen LogP) is 3.06. The fraction of sp³-hybridized carbons (Fsp3) is 0.667. The molecule has 22 heavy (non-hydrogen) atoms. The van der Waals surface area contributed by atoms with E-state index in [1.165, 1.54) is 6.42 Å². The summed E-state index contributed by atoms with van der Waals surface area (Å²) >= 11 is 0. The van der Waals surface area contributed by atoms with E-state index in [9.17, 15) is 9.59 Å². The summed E-state index contributed by atoms with van der Waals surface area (Å²) < 4.78 is 0. The van der Waals surface area contributed by atoms with E-state index in [0.29, 0.717) is 6.42 Å². The average Bonchev–Trinajstić information content (AvgIpc) is 3.21. The van der Waals surface area contributed by atoms with Gasteiger partial charge in [0.2, 0.25) is 0 Å². The lowest BCUT2D eigenvalue weighted by atomic mass is 9.83. The summed E-state index contributed by atoms with van der Waals surface area (Å²) in [6.45, 7) is 4.78. The summed E-state index contributed by atoms with van der Waals surface area (Å²) in [5, 5.41) is 17.7. The first-order valence-electron chi connectivity index (χ1n) is 8.22. The monoisotopic (exact) mass is 304 g/mol. The van der Waals surface area contributed by atoms with E-state index in [0.717, 1.165) is 23.7 Å². The summed E-state index contributed by atoms with van der Waals surface area (Å²) in [7, 11) is 0. The highest BCUT2D eigenvalue weighted by molar-refractivity contribution is 5.82. The average molecular weight is 304 g/mol. The molecule has 0 saturated heterocycles. The Labute approximate surface area is 130 Å². The van der Waals surface area contributed by atoms with Crippen molar-refractivity contribution in [2.45, 2.75) is 26.7 Å². The summed E-state index contributed by atoms with van der Waals surface area (Å²) in [6, 6.07) is 0. The number of aliphatic carboxylic acids is 2. The molecule has 0 aliphatic heterocycles. The molecule has 0 heterocycles. The number of allylic oxidation sites excluding steroid dienone is 4. The molecule has 0 aromatic rings. The Morgan fingerprint density at radius 3 is 1.32 bits per heavy atom. The molecule has 4 heteroatoms. The van der Waals surface area contributed by atoms with Gasteiger partial charge < -0.3 is 10.2 Å². The van der Waals surface area contributed by atoms with E-state index in [2.05, 4.69) is 26.0 Å². The van der Waals surface area contributed by atoms with Crippen LogP contribution in [0.25, 0.3) is 0 Å². The Morgan fingerprint density at radius 2 is 1.05 bits per heavy atom. The standard InChI is InChI=1S/C9H10O4.C9H14/c10-8(11)6-4-1-2-5(3-4)7(6)9(12)13;1-6-7(2)9-4-3-8(6)5-9/h1-2,4-7H,3H2,(H,10,11)(H,12,13);3-4,6-9H,5H2,1-2H3. The number of hydrogen-bond donors (Lipinski definition) is 2. The second-order valence-electron chi connectivity index (χ2n) is 7.34. The highest BCUT2D eigenvalue weighted by Crippen LogP contribution is 2.48. The lowest BCUT2D eigenvalue weighted by Gasteiger charge is -2.20. The van der Waals surface area contributed by atoms with Crippen LogP contribution in [-0.2, 0) is 9.59 Å². The van der Waals surface area contributed by atoms with Gasteiger partial charge in [-0.1, -0.05) is 38.2 Å². The van der Waals surface area contributed by atoms with Crippen LogP contribution in [0.4, 0.5) is 0 Å². The van der Waals surface area contributed by atoms with Crippen molar-refractivity contribution < 1.29 is 19.8 Å². The molecule has 0 radical (unpaired) electrons. The lowest BCUT2D eigenvalue weighted by molar-refractivity contribution is -0.154. The van der Waals surface area contributed by atoms with Gasteiger partial charge in [-0.15, -0.1) is 0 Å². The van der Waals surface area contributed by atoms with Crippen molar-refractivity contribution in [1.82, 2.24) is 0 Å². The van der Waals surface area contributed by atoms with Crippen LogP contribution in [0.5, 0.6) is 0 Å². The van der Waals surface area contributed by atoms with Crippen LogP contribution in [0.2, 0.25) is 0 Å². The number of rotatable bonds is 2. The van der Waals surface area contributed by atoms with Gasteiger partial charge in [0.1, 0.15) is 0 Å². The second-order valence-corrected chi connectivity index (χ2v) is 7.34. The third-order valence-electron chi connectivity index (χ3n) is 6.36. The van der Waals surface area contributed by atoms with Crippen molar-refractivity contribution in [3.05, 3.63) is 24.3 Å². The van der Waals surface area contributed by atoms with Crippen molar-refractivity contribution in [3.8, 4) is 0 Å². The quantitative estimate of drug-likeness (QED) is 0.769. The number of carboxylic acids is 2. The highest BCUT2D eigenvalue weighted by Gasteiger charge is 2.51. The van der Waals surface area contributed by atoms with E-state index >= 15 is 0 Å². The fourth-order valence-corrected chi connectivity index (χ4v) is 4.81. The minimum absolute atomic E-state index is 0.0661. The zero-order chi connectivity index (χ0) is 16.0. The van der Waals surface area contributed by atoms with Crippen LogP contribution in [0.15, 0.2) is 24.3 Å². The van der Waals surface area contributed by atoms with Gasteiger partial charge in [-0.3, -0.25) is 9.59 Å².